The number of hydrogen-bond acceptors (Lipinski definition) is 6. The van der Waals surface area contributed by atoms with Crippen molar-refractivity contribution < 1.29 is 5.11 Å². The van der Waals surface area contributed by atoms with Gasteiger partial charge < -0.3 is 10.0 Å². The highest BCUT2D eigenvalue weighted by molar-refractivity contribution is 7.05. The maximum Gasteiger partial charge on any atom is 0.134 e. The molecule has 1 N–H and O–H groups in total. The summed E-state index contributed by atoms with van der Waals surface area (Å²) in [5, 5.41) is 18.6. The zero-order valence-corrected chi connectivity index (χ0v) is 11.7. The Bertz CT molecular complexity index is 498. The summed E-state index contributed by atoms with van der Waals surface area (Å²) in [5.74, 6) is 0. The second-order valence-corrected chi connectivity index (χ2v) is 5.35. The number of halogens is 1. The number of rotatable bonds is 5. The van der Waals surface area contributed by atoms with Gasteiger partial charge in [0.2, 0.25) is 0 Å². The topological polar surface area (TPSA) is 67.1 Å². The second kappa shape index (κ2) is 5.75. The van der Waals surface area contributed by atoms with Gasteiger partial charge in [0.1, 0.15) is 6.10 Å². The summed E-state index contributed by atoms with van der Waals surface area (Å²) < 4.78 is 5.45. The van der Waals surface area contributed by atoms with E-state index in [9.17, 15) is 5.11 Å². The predicted molar refractivity (Wildman–Crippen MR) is 69.8 cm³/mol. The minimum absolute atomic E-state index is 0.453. The van der Waals surface area contributed by atoms with E-state index in [0.29, 0.717) is 22.1 Å². The summed E-state index contributed by atoms with van der Waals surface area (Å²) in [6, 6.07) is 0. The first-order valence-electron chi connectivity index (χ1n) is 5.41. The van der Waals surface area contributed by atoms with Crippen LogP contribution in [0.25, 0.3) is 0 Å². The van der Waals surface area contributed by atoms with Crippen molar-refractivity contribution in [3.63, 3.8) is 0 Å². The van der Waals surface area contributed by atoms with Crippen molar-refractivity contribution >= 4 is 23.1 Å². The molecule has 0 saturated heterocycles. The summed E-state index contributed by atoms with van der Waals surface area (Å²) in [6.45, 7) is 1.48. The van der Waals surface area contributed by atoms with Crippen LogP contribution in [0.1, 0.15) is 16.7 Å². The van der Waals surface area contributed by atoms with Crippen LogP contribution in [-0.2, 0) is 6.54 Å². The third kappa shape index (κ3) is 2.86. The molecule has 6 nitrogen and oxygen atoms in total. The first kappa shape index (κ1) is 13.4. The molecule has 0 radical (unpaired) electrons. The molecule has 98 valence electrons. The van der Waals surface area contributed by atoms with Gasteiger partial charge in [0.15, 0.2) is 0 Å². The molecule has 0 aromatic carbocycles. The van der Waals surface area contributed by atoms with E-state index in [4.69, 9.17) is 11.6 Å². The van der Waals surface area contributed by atoms with Crippen molar-refractivity contribution in [2.24, 2.45) is 0 Å². The van der Waals surface area contributed by atoms with Crippen LogP contribution in [0.4, 0.5) is 0 Å². The molecule has 0 saturated carbocycles. The van der Waals surface area contributed by atoms with Gasteiger partial charge >= 0.3 is 0 Å². The van der Waals surface area contributed by atoms with E-state index in [-0.39, 0.29) is 0 Å². The van der Waals surface area contributed by atoms with Gasteiger partial charge in [-0.2, -0.15) is 5.10 Å². The Morgan fingerprint density at radius 2 is 2.28 bits per heavy atom. The largest absolute Gasteiger partial charge is 0.381 e. The van der Waals surface area contributed by atoms with Crippen molar-refractivity contribution in [1.29, 1.82) is 0 Å². The fraction of sp³-hybridized carbons (Fsp3) is 0.500. The van der Waals surface area contributed by atoms with E-state index in [0.717, 1.165) is 18.1 Å². The number of hydrogen-bond donors (Lipinski definition) is 1. The van der Waals surface area contributed by atoms with Gasteiger partial charge in [-0.1, -0.05) is 16.1 Å². The molecule has 1 atom stereocenters. The Morgan fingerprint density at radius 1 is 1.50 bits per heavy atom. The summed E-state index contributed by atoms with van der Waals surface area (Å²) in [4.78, 5) is 2.70. The zero-order valence-electron chi connectivity index (χ0n) is 10.1. The van der Waals surface area contributed by atoms with Gasteiger partial charge in [-0.05, 0) is 25.6 Å². The minimum atomic E-state index is -0.831. The summed E-state index contributed by atoms with van der Waals surface area (Å²) in [7, 11) is 3.96. The molecule has 0 bridgehead atoms. The van der Waals surface area contributed by atoms with Crippen molar-refractivity contribution in [3.05, 3.63) is 28.0 Å². The van der Waals surface area contributed by atoms with E-state index in [1.807, 2.05) is 19.0 Å². The summed E-state index contributed by atoms with van der Waals surface area (Å²) >= 11 is 7.23. The maximum absolute atomic E-state index is 10.3. The SMILES string of the molecule is CN(C)CCn1ncc(Cl)c1C(O)c1cnns1. The van der Waals surface area contributed by atoms with E-state index in [1.54, 1.807) is 10.9 Å². The smallest absolute Gasteiger partial charge is 0.134 e. The lowest BCUT2D eigenvalue weighted by Crippen LogP contribution is -2.21. The highest BCUT2D eigenvalue weighted by Gasteiger charge is 2.21. The Labute approximate surface area is 114 Å². The summed E-state index contributed by atoms with van der Waals surface area (Å²) in [6.07, 6.45) is 2.25. The van der Waals surface area contributed by atoms with Crippen molar-refractivity contribution in [2.75, 3.05) is 20.6 Å². The molecule has 0 fully saturated rings. The average molecular weight is 288 g/mol. The first-order valence-corrected chi connectivity index (χ1v) is 6.56. The van der Waals surface area contributed by atoms with Crippen LogP contribution in [0.3, 0.4) is 0 Å². The third-order valence-electron chi connectivity index (χ3n) is 2.50. The number of aromatic nitrogens is 4. The van der Waals surface area contributed by atoms with Crippen LogP contribution in [0, 0.1) is 0 Å². The molecular formula is C10H14ClN5OS. The fourth-order valence-electron chi connectivity index (χ4n) is 1.55. The maximum atomic E-state index is 10.3. The van der Waals surface area contributed by atoms with E-state index >= 15 is 0 Å². The van der Waals surface area contributed by atoms with E-state index in [1.165, 1.54) is 6.20 Å². The van der Waals surface area contributed by atoms with Gasteiger partial charge in [-0.15, -0.1) is 5.10 Å². The highest BCUT2D eigenvalue weighted by Crippen LogP contribution is 2.29. The van der Waals surface area contributed by atoms with Crippen molar-refractivity contribution in [2.45, 2.75) is 12.6 Å². The normalized spacial score (nSPS) is 13.2. The molecule has 2 aromatic rings. The van der Waals surface area contributed by atoms with Crippen LogP contribution in [0.15, 0.2) is 12.4 Å². The number of nitrogens with zero attached hydrogens (tertiary/aromatic N) is 5. The zero-order chi connectivity index (χ0) is 13.1. The molecule has 2 heterocycles. The molecule has 1 unspecified atom stereocenters. The van der Waals surface area contributed by atoms with Gasteiger partial charge in [-0.25, -0.2) is 0 Å². The van der Waals surface area contributed by atoms with Gasteiger partial charge in [-0.3, -0.25) is 4.68 Å². The van der Waals surface area contributed by atoms with Gasteiger partial charge in [0.25, 0.3) is 0 Å². The van der Waals surface area contributed by atoms with Gasteiger partial charge in [0, 0.05) is 6.54 Å². The molecule has 2 rings (SSSR count). The van der Waals surface area contributed by atoms with Crippen molar-refractivity contribution in [3.8, 4) is 0 Å². The van der Waals surface area contributed by atoms with Crippen molar-refractivity contribution in [1.82, 2.24) is 24.3 Å². The van der Waals surface area contributed by atoms with E-state index < -0.39 is 6.10 Å². The molecule has 0 aliphatic heterocycles. The number of aliphatic hydroxyl groups is 1. The van der Waals surface area contributed by atoms with Crippen LogP contribution in [0.5, 0.6) is 0 Å². The third-order valence-corrected chi connectivity index (χ3v) is 3.51. The first-order chi connectivity index (χ1) is 8.59. The minimum Gasteiger partial charge on any atom is -0.381 e. The molecule has 2 aromatic heterocycles. The standard InChI is InChI=1S/C10H14ClN5OS/c1-15(2)3-4-16-9(7(11)5-13-16)10(17)8-6-12-14-18-8/h5-6,10,17H,3-4H2,1-2H3. The Kier molecular flexibility index (Phi) is 4.28. The summed E-state index contributed by atoms with van der Waals surface area (Å²) in [5.41, 5.74) is 0.588. The number of likely N-dealkylation sites (N-methyl/N-ethyl adjacent to an activating group) is 1. The lowest BCUT2D eigenvalue weighted by molar-refractivity contribution is 0.209. The van der Waals surface area contributed by atoms with Crippen LogP contribution >= 0.6 is 23.1 Å². The lowest BCUT2D eigenvalue weighted by atomic mass is 10.2. The van der Waals surface area contributed by atoms with Crippen LogP contribution in [0.2, 0.25) is 5.02 Å². The Morgan fingerprint density at radius 3 is 2.89 bits per heavy atom. The fourth-order valence-corrected chi connectivity index (χ4v) is 2.29. The molecular weight excluding hydrogens is 274 g/mol. The average Bonchev–Trinajstić information content (AvgIpc) is 2.94. The lowest BCUT2D eigenvalue weighted by Gasteiger charge is -2.14. The Balaban J connectivity index is 2.23. The van der Waals surface area contributed by atoms with Crippen LogP contribution < -0.4 is 0 Å². The Hall–Kier alpha value is -1.02. The predicted octanol–water partition coefficient (Wildman–Crippen LogP) is 1.03. The molecule has 8 heteroatoms. The molecule has 0 aliphatic rings. The molecule has 0 aliphatic carbocycles. The van der Waals surface area contributed by atoms with E-state index in [2.05, 4.69) is 14.7 Å². The molecule has 0 spiro atoms. The molecule has 0 amide bonds. The number of aliphatic hydroxyl groups excluding tert-OH is 1. The van der Waals surface area contributed by atoms with Crippen LogP contribution in [-0.4, -0.2) is 50.0 Å². The molecule has 18 heavy (non-hydrogen) atoms. The second-order valence-electron chi connectivity index (χ2n) is 4.13. The quantitative estimate of drug-likeness (QED) is 0.890. The van der Waals surface area contributed by atoms with Gasteiger partial charge in [0.05, 0.1) is 34.5 Å². The monoisotopic (exact) mass is 287 g/mol. The highest BCUT2D eigenvalue weighted by atomic mass is 35.5.